The quantitative estimate of drug-likeness (QED) is 0.135. The highest BCUT2D eigenvalue weighted by atomic mass is 19.3. The first-order valence-corrected chi connectivity index (χ1v) is 22.4. The number of amides is 2. The molecule has 16 heteroatoms. The third-order valence-electron chi connectivity index (χ3n) is 10.9. The predicted molar refractivity (Wildman–Crippen MR) is 248 cm³/mol. The van der Waals surface area contributed by atoms with Crippen LogP contribution in [0.15, 0.2) is 60.9 Å². The molecule has 0 bridgehead atoms. The molecule has 5 aromatic rings. The van der Waals surface area contributed by atoms with E-state index in [2.05, 4.69) is 15.3 Å². The van der Waals surface area contributed by atoms with E-state index in [4.69, 9.17) is 28.9 Å². The van der Waals surface area contributed by atoms with Crippen molar-refractivity contribution in [2.45, 2.75) is 112 Å². The molecule has 348 valence electrons. The van der Waals surface area contributed by atoms with Gasteiger partial charge in [0.25, 0.3) is 11.8 Å². The lowest BCUT2D eigenvalue weighted by atomic mass is 10.0. The van der Waals surface area contributed by atoms with Crippen LogP contribution in [0.1, 0.15) is 111 Å². The number of methoxy groups -OCH3 is 2. The van der Waals surface area contributed by atoms with Crippen molar-refractivity contribution in [3.8, 4) is 11.5 Å². The summed E-state index contributed by atoms with van der Waals surface area (Å²) >= 11 is 0. The Hall–Kier alpha value is -6.16. The van der Waals surface area contributed by atoms with Gasteiger partial charge < -0.3 is 39.0 Å². The number of halogens is 2. The van der Waals surface area contributed by atoms with Crippen LogP contribution < -0.4 is 24.6 Å². The molecule has 1 saturated heterocycles. The Labute approximate surface area is 380 Å². The molecule has 0 spiro atoms. The lowest BCUT2D eigenvalue weighted by Crippen LogP contribution is -2.44. The Morgan fingerprint density at radius 1 is 0.908 bits per heavy atom. The van der Waals surface area contributed by atoms with E-state index in [1.807, 2.05) is 64.1 Å². The average Bonchev–Trinajstić information content (AvgIpc) is 4.06. The molecule has 65 heavy (non-hydrogen) atoms. The van der Waals surface area contributed by atoms with Gasteiger partial charge in [-0.05, 0) is 82.0 Å². The largest absolute Gasteiger partial charge is 0.497 e. The number of anilines is 3. The zero-order chi connectivity index (χ0) is 47.1. The highest BCUT2D eigenvalue weighted by Crippen LogP contribution is 2.38. The highest BCUT2D eigenvalue weighted by Gasteiger charge is 2.40. The fourth-order valence-corrected chi connectivity index (χ4v) is 7.71. The van der Waals surface area contributed by atoms with Crippen LogP contribution in [0.4, 0.5) is 30.9 Å². The van der Waals surface area contributed by atoms with Gasteiger partial charge >= 0.3 is 6.09 Å². The molecule has 2 amide bonds. The summed E-state index contributed by atoms with van der Waals surface area (Å²) in [4.78, 5) is 50.3. The number of hydrogen-bond acceptors (Lipinski definition) is 12. The molecule has 14 nitrogen and oxygen atoms in total. The van der Waals surface area contributed by atoms with Crippen LogP contribution in [0.25, 0.3) is 10.9 Å². The summed E-state index contributed by atoms with van der Waals surface area (Å²) < 4.78 is 53.0. The zero-order valence-electron chi connectivity index (χ0n) is 39.3. The van der Waals surface area contributed by atoms with Gasteiger partial charge in [-0.2, -0.15) is 0 Å². The molecule has 2 aromatic carbocycles. The Balaban J connectivity index is 0.00000170. The number of aryl methyl sites for hydroxylation is 1. The number of fused-ring (bicyclic) bond motifs is 3. The van der Waals surface area contributed by atoms with Crippen LogP contribution >= 0.6 is 0 Å². The van der Waals surface area contributed by atoms with Crippen molar-refractivity contribution in [1.29, 1.82) is 0 Å². The molecule has 1 N–H and O–H groups in total. The molecule has 3 aliphatic rings. The van der Waals surface area contributed by atoms with E-state index in [1.165, 1.54) is 4.90 Å². The van der Waals surface area contributed by atoms with Crippen LogP contribution in [0.5, 0.6) is 11.5 Å². The minimum Gasteiger partial charge on any atom is -0.497 e. The summed E-state index contributed by atoms with van der Waals surface area (Å²) in [6.45, 7) is 15.0. The third kappa shape index (κ3) is 11.6. The molecule has 0 atom stereocenters. The Morgan fingerprint density at radius 2 is 1.63 bits per heavy atom. The maximum Gasteiger partial charge on any atom is 0.410 e. The standard InChI is InChI=1S/C45H50F2N8O6.2C2H6/c1-27-37(13-14-39(51-27)53-15-16-54(26-45(46,47)25-53)43(57)61-44(2,3)4)55(42(56)31-20-48-40(49-21-31)29-8-9-29)22-28-7-12-33-34-23-60-24-35(34)41(52-36(33)17-28)50-19-30-10-11-32(58-5)18-38(30)59-6;2*1-2/h7,10-14,17-18,20-21,29H,8-9,15-16,19,22-26H2,1-6H3,(H,50,52);2*1-2H3. The van der Waals surface area contributed by atoms with Gasteiger partial charge in [-0.1, -0.05) is 39.8 Å². The molecule has 5 heterocycles. The van der Waals surface area contributed by atoms with Crippen LogP contribution in [0, 0.1) is 6.92 Å². The number of benzene rings is 2. The first-order valence-electron chi connectivity index (χ1n) is 22.4. The van der Waals surface area contributed by atoms with Crippen molar-refractivity contribution in [3.63, 3.8) is 0 Å². The molecular formula is C49H62F2N8O6. The van der Waals surface area contributed by atoms with Crippen LogP contribution in [-0.4, -0.2) is 88.8 Å². The molecule has 2 fully saturated rings. The Morgan fingerprint density at radius 3 is 2.29 bits per heavy atom. The fraction of sp³-hybridized carbons (Fsp3) is 0.469. The molecule has 0 unspecified atom stereocenters. The van der Waals surface area contributed by atoms with E-state index in [0.29, 0.717) is 65.8 Å². The van der Waals surface area contributed by atoms with Crippen molar-refractivity contribution < 1.29 is 37.3 Å². The van der Waals surface area contributed by atoms with E-state index in [1.54, 1.807) is 71.3 Å². The van der Waals surface area contributed by atoms with Crippen LogP contribution in [-0.2, 0) is 35.8 Å². The number of ether oxygens (including phenoxy) is 4. The second-order valence-corrected chi connectivity index (χ2v) is 16.7. The summed E-state index contributed by atoms with van der Waals surface area (Å²) in [5.74, 6) is -0.168. The number of aromatic nitrogens is 4. The lowest BCUT2D eigenvalue weighted by molar-refractivity contribution is -0.0285. The number of nitrogens with zero attached hydrogens (tertiary/aromatic N) is 7. The molecule has 2 aliphatic heterocycles. The average molecular weight is 897 g/mol. The topological polar surface area (TPSA) is 144 Å². The first-order chi connectivity index (χ1) is 31.2. The summed E-state index contributed by atoms with van der Waals surface area (Å²) in [6, 6.07) is 15.0. The molecule has 1 aliphatic carbocycles. The monoisotopic (exact) mass is 896 g/mol. The van der Waals surface area contributed by atoms with E-state index >= 15 is 8.78 Å². The third-order valence-corrected chi connectivity index (χ3v) is 10.9. The summed E-state index contributed by atoms with van der Waals surface area (Å²) in [5.41, 5.74) is 4.90. The summed E-state index contributed by atoms with van der Waals surface area (Å²) in [6.07, 6.45) is 4.38. The van der Waals surface area contributed by atoms with Gasteiger partial charge in [-0.3, -0.25) is 4.79 Å². The van der Waals surface area contributed by atoms with Crippen LogP contribution in [0.2, 0.25) is 0 Å². The van der Waals surface area contributed by atoms with E-state index in [0.717, 1.165) is 56.7 Å². The number of carbonyl (C=O) groups is 2. The Kier molecular flexibility index (Phi) is 15.4. The zero-order valence-corrected chi connectivity index (χ0v) is 39.3. The Bertz CT molecular complexity index is 2460. The van der Waals surface area contributed by atoms with E-state index in [9.17, 15) is 9.59 Å². The molecule has 3 aromatic heterocycles. The fourth-order valence-electron chi connectivity index (χ4n) is 7.71. The maximum absolute atomic E-state index is 15.3. The highest BCUT2D eigenvalue weighted by molar-refractivity contribution is 6.06. The van der Waals surface area contributed by atoms with Crippen molar-refractivity contribution >= 4 is 40.2 Å². The normalized spacial score (nSPS) is 15.4. The van der Waals surface area contributed by atoms with Gasteiger partial charge in [0.15, 0.2) is 0 Å². The van der Waals surface area contributed by atoms with Crippen molar-refractivity contribution in [1.82, 2.24) is 24.8 Å². The van der Waals surface area contributed by atoms with Crippen molar-refractivity contribution in [2.75, 3.05) is 55.5 Å². The molecule has 0 radical (unpaired) electrons. The van der Waals surface area contributed by atoms with Crippen LogP contribution in [0.3, 0.4) is 0 Å². The number of carbonyl (C=O) groups excluding carboxylic acids is 2. The first kappa shape index (κ1) is 48.3. The number of rotatable bonds is 11. The molecule has 8 rings (SSSR count). The van der Waals surface area contributed by atoms with Gasteiger partial charge in [0.05, 0.1) is 69.5 Å². The second kappa shape index (κ2) is 20.8. The number of hydrogen-bond donors (Lipinski definition) is 1. The SMILES string of the molecule is CC.CC.COc1ccc(CNc2nc3cc(CN(C(=O)c4cnc(C5CC5)nc4)c4ccc(N5CCN(C(=O)OC(C)(C)C)CC(F)(F)C5)nc4C)ccc3c3c2COC3)c(OC)c1. The molecular weight excluding hydrogens is 835 g/mol. The summed E-state index contributed by atoms with van der Waals surface area (Å²) in [5, 5.41) is 4.45. The minimum absolute atomic E-state index is 0.0205. The molecule has 1 saturated carbocycles. The van der Waals surface area contributed by atoms with Gasteiger partial charge in [-0.25, -0.2) is 33.5 Å². The number of nitrogens with one attached hydrogen (secondary N) is 1. The number of pyridine rings is 2. The summed E-state index contributed by atoms with van der Waals surface area (Å²) in [7, 11) is 3.23. The van der Waals surface area contributed by atoms with Gasteiger partial charge in [-0.15, -0.1) is 0 Å². The van der Waals surface area contributed by atoms with Crippen molar-refractivity contribution in [3.05, 3.63) is 100 Å². The minimum atomic E-state index is -3.23. The second-order valence-electron chi connectivity index (χ2n) is 16.7. The predicted octanol–water partition coefficient (Wildman–Crippen LogP) is 9.86. The smallest absolute Gasteiger partial charge is 0.410 e. The van der Waals surface area contributed by atoms with E-state index in [-0.39, 0.29) is 25.5 Å². The number of alkyl halides is 2. The van der Waals surface area contributed by atoms with Gasteiger partial charge in [0, 0.05) is 60.5 Å². The van der Waals surface area contributed by atoms with Gasteiger partial charge in [0.2, 0.25) is 0 Å². The van der Waals surface area contributed by atoms with E-state index < -0.39 is 30.7 Å². The van der Waals surface area contributed by atoms with Gasteiger partial charge in [0.1, 0.15) is 34.6 Å². The van der Waals surface area contributed by atoms with Crippen molar-refractivity contribution in [2.24, 2.45) is 0 Å². The maximum atomic E-state index is 15.3. The lowest BCUT2D eigenvalue weighted by Gasteiger charge is -2.28.